The minimum atomic E-state index is 0.0110. The summed E-state index contributed by atoms with van der Waals surface area (Å²) in [5.41, 5.74) is 1.11. The molecule has 2 aromatic carbocycles. The largest absolute Gasteiger partial charge is 0.496 e. The van der Waals surface area contributed by atoms with E-state index in [1.807, 2.05) is 53.4 Å². The smallest absolute Gasteiger partial charge is 0.260 e. The Hall–Kier alpha value is -2.53. The lowest BCUT2D eigenvalue weighted by atomic mass is 10.0. The van der Waals surface area contributed by atoms with Gasteiger partial charge in [0.15, 0.2) is 6.61 Å². The molecule has 0 aliphatic carbocycles. The van der Waals surface area contributed by atoms with Crippen molar-refractivity contribution < 1.29 is 14.3 Å². The SMILES string of the molecule is COc1ccccc1C1CN(C(=O)COc2ccccc2)CCN1C. The van der Waals surface area contributed by atoms with Crippen LogP contribution in [0.1, 0.15) is 11.6 Å². The Kier molecular flexibility index (Phi) is 5.56. The average Bonchev–Trinajstić information content (AvgIpc) is 2.67. The Morgan fingerprint density at radius 3 is 2.56 bits per heavy atom. The lowest BCUT2D eigenvalue weighted by Gasteiger charge is -2.40. The number of carbonyl (C=O) groups is 1. The standard InChI is InChI=1S/C20H24N2O3/c1-21-12-13-22(20(23)15-25-16-8-4-3-5-9-16)14-18(21)17-10-6-7-11-19(17)24-2/h3-11,18H,12-15H2,1-2H3. The second-order valence-corrected chi connectivity index (χ2v) is 6.18. The summed E-state index contributed by atoms with van der Waals surface area (Å²) in [5.74, 6) is 1.58. The van der Waals surface area contributed by atoms with Gasteiger partial charge in [-0.15, -0.1) is 0 Å². The Morgan fingerprint density at radius 2 is 1.80 bits per heavy atom. The minimum Gasteiger partial charge on any atom is -0.496 e. The van der Waals surface area contributed by atoms with Crippen molar-refractivity contribution in [2.24, 2.45) is 0 Å². The highest BCUT2D eigenvalue weighted by Gasteiger charge is 2.30. The molecule has 1 heterocycles. The molecule has 1 saturated heterocycles. The summed E-state index contributed by atoms with van der Waals surface area (Å²) in [6, 6.07) is 17.5. The fourth-order valence-corrected chi connectivity index (χ4v) is 3.13. The van der Waals surface area contributed by atoms with Gasteiger partial charge in [-0.2, -0.15) is 0 Å². The van der Waals surface area contributed by atoms with Crippen LogP contribution in [-0.2, 0) is 4.79 Å². The predicted molar refractivity (Wildman–Crippen MR) is 96.9 cm³/mol. The van der Waals surface area contributed by atoms with E-state index in [2.05, 4.69) is 18.0 Å². The third kappa shape index (κ3) is 4.12. The van der Waals surface area contributed by atoms with E-state index >= 15 is 0 Å². The van der Waals surface area contributed by atoms with Crippen molar-refractivity contribution in [3.63, 3.8) is 0 Å². The van der Waals surface area contributed by atoms with Crippen LogP contribution in [0, 0.1) is 0 Å². The summed E-state index contributed by atoms with van der Waals surface area (Å²) >= 11 is 0. The maximum Gasteiger partial charge on any atom is 0.260 e. The normalized spacial score (nSPS) is 18.0. The van der Waals surface area contributed by atoms with Gasteiger partial charge in [-0.3, -0.25) is 9.69 Å². The van der Waals surface area contributed by atoms with Crippen molar-refractivity contribution in [3.05, 3.63) is 60.2 Å². The van der Waals surface area contributed by atoms with Gasteiger partial charge in [0.25, 0.3) is 5.91 Å². The van der Waals surface area contributed by atoms with Gasteiger partial charge in [0.1, 0.15) is 11.5 Å². The summed E-state index contributed by atoms with van der Waals surface area (Å²) in [7, 11) is 3.76. The van der Waals surface area contributed by atoms with Gasteiger partial charge in [0.05, 0.1) is 13.2 Å². The minimum absolute atomic E-state index is 0.0110. The molecule has 5 heteroatoms. The number of methoxy groups -OCH3 is 1. The number of nitrogens with zero attached hydrogens (tertiary/aromatic N) is 2. The average molecular weight is 340 g/mol. The van der Waals surface area contributed by atoms with E-state index in [0.717, 1.165) is 17.9 Å². The number of ether oxygens (including phenoxy) is 2. The predicted octanol–water partition coefficient (Wildman–Crippen LogP) is 2.59. The molecule has 1 fully saturated rings. The fourth-order valence-electron chi connectivity index (χ4n) is 3.13. The molecule has 0 spiro atoms. The van der Waals surface area contributed by atoms with Crippen LogP contribution in [0.25, 0.3) is 0 Å². The van der Waals surface area contributed by atoms with Crippen LogP contribution in [0.2, 0.25) is 0 Å². The van der Waals surface area contributed by atoms with Crippen molar-refractivity contribution in [1.82, 2.24) is 9.80 Å². The maximum atomic E-state index is 12.6. The number of rotatable bonds is 5. The van der Waals surface area contributed by atoms with Crippen LogP contribution in [-0.4, -0.2) is 56.1 Å². The molecule has 0 bridgehead atoms. The molecule has 0 N–H and O–H groups in total. The molecule has 0 aromatic heterocycles. The van der Waals surface area contributed by atoms with Gasteiger partial charge in [-0.05, 0) is 25.2 Å². The van der Waals surface area contributed by atoms with Crippen LogP contribution >= 0.6 is 0 Å². The van der Waals surface area contributed by atoms with Gasteiger partial charge in [-0.25, -0.2) is 0 Å². The topological polar surface area (TPSA) is 42.0 Å². The molecule has 0 radical (unpaired) electrons. The first-order valence-corrected chi connectivity index (χ1v) is 8.48. The molecular weight excluding hydrogens is 316 g/mol. The summed E-state index contributed by atoms with van der Waals surface area (Å²) in [6.07, 6.45) is 0. The van der Waals surface area contributed by atoms with Crippen LogP contribution in [0.5, 0.6) is 11.5 Å². The zero-order valence-corrected chi connectivity index (χ0v) is 14.7. The van der Waals surface area contributed by atoms with Gasteiger partial charge >= 0.3 is 0 Å². The zero-order valence-electron chi connectivity index (χ0n) is 14.7. The van der Waals surface area contributed by atoms with Crippen molar-refractivity contribution in [2.45, 2.75) is 6.04 Å². The van der Waals surface area contributed by atoms with E-state index < -0.39 is 0 Å². The monoisotopic (exact) mass is 340 g/mol. The number of likely N-dealkylation sites (N-methyl/N-ethyl adjacent to an activating group) is 1. The third-order valence-corrected chi connectivity index (χ3v) is 4.60. The van der Waals surface area contributed by atoms with E-state index in [4.69, 9.17) is 9.47 Å². The summed E-state index contributed by atoms with van der Waals surface area (Å²) in [6.45, 7) is 2.22. The van der Waals surface area contributed by atoms with Gasteiger partial charge in [0, 0.05) is 25.2 Å². The zero-order chi connectivity index (χ0) is 17.6. The second-order valence-electron chi connectivity index (χ2n) is 6.18. The van der Waals surface area contributed by atoms with Crippen molar-refractivity contribution in [3.8, 4) is 11.5 Å². The summed E-state index contributed by atoms with van der Waals surface area (Å²) in [5, 5.41) is 0. The maximum absolute atomic E-state index is 12.6. The quantitative estimate of drug-likeness (QED) is 0.839. The molecule has 1 aliphatic heterocycles. The van der Waals surface area contributed by atoms with E-state index in [0.29, 0.717) is 18.8 Å². The number of hydrogen-bond acceptors (Lipinski definition) is 4. The van der Waals surface area contributed by atoms with Crippen LogP contribution in [0.15, 0.2) is 54.6 Å². The first kappa shape index (κ1) is 17.3. The van der Waals surface area contributed by atoms with E-state index in [1.54, 1.807) is 7.11 Å². The molecular formula is C20H24N2O3. The summed E-state index contributed by atoms with van der Waals surface area (Å²) in [4.78, 5) is 16.7. The number of carbonyl (C=O) groups excluding carboxylic acids is 1. The van der Waals surface area contributed by atoms with Crippen molar-refractivity contribution in [1.29, 1.82) is 0 Å². The fraction of sp³-hybridized carbons (Fsp3) is 0.350. The highest BCUT2D eigenvalue weighted by Crippen LogP contribution is 2.31. The van der Waals surface area contributed by atoms with E-state index in [-0.39, 0.29) is 18.6 Å². The second kappa shape index (κ2) is 8.03. The van der Waals surface area contributed by atoms with Crippen molar-refractivity contribution in [2.75, 3.05) is 40.4 Å². The van der Waals surface area contributed by atoms with Gasteiger partial charge in [0.2, 0.25) is 0 Å². The first-order valence-electron chi connectivity index (χ1n) is 8.48. The Bertz CT molecular complexity index is 705. The van der Waals surface area contributed by atoms with Crippen LogP contribution in [0.3, 0.4) is 0 Å². The van der Waals surface area contributed by atoms with E-state index in [1.165, 1.54) is 0 Å². The van der Waals surface area contributed by atoms with Gasteiger partial charge < -0.3 is 14.4 Å². The Labute approximate surface area is 148 Å². The third-order valence-electron chi connectivity index (χ3n) is 4.60. The molecule has 5 nitrogen and oxygen atoms in total. The molecule has 132 valence electrons. The summed E-state index contributed by atoms with van der Waals surface area (Å²) < 4.78 is 11.1. The lowest BCUT2D eigenvalue weighted by Crippen LogP contribution is -2.50. The Balaban J connectivity index is 1.66. The van der Waals surface area contributed by atoms with Crippen molar-refractivity contribution >= 4 is 5.91 Å². The molecule has 3 rings (SSSR count). The highest BCUT2D eigenvalue weighted by atomic mass is 16.5. The molecule has 1 amide bonds. The number of piperazine rings is 1. The molecule has 1 unspecified atom stereocenters. The Morgan fingerprint density at radius 1 is 1.08 bits per heavy atom. The first-order chi connectivity index (χ1) is 12.2. The number of benzene rings is 2. The molecule has 2 aromatic rings. The molecule has 25 heavy (non-hydrogen) atoms. The molecule has 0 saturated carbocycles. The number of amides is 1. The van der Waals surface area contributed by atoms with E-state index in [9.17, 15) is 4.79 Å². The van der Waals surface area contributed by atoms with Gasteiger partial charge in [-0.1, -0.05) is 36.4 Å². The van der Waals surface area contributed by atoms with Crippen LogP contribution < -0.4 is 9.47 Å². The highest BCUT2D eigenvalue weighted by molar-refractivity contribution is 5.78. The molecule has 1 aliphatic rings. The van der Waals surface area contributed by atoms with Crippen LogP contribution in [0.4, 0.5) is 0 Å². The molecule has 1 atom stereocenters. The number of hydrogen-bond donors (Lipinski definition) is 0. The lowest BCUT2D eigenvalue weighted by molar-refractivity contribution is -0.136. The number of para-hydroxylation sites is 2.